The van der Waals surface area contributed by atoms with Crippen LogP contribution >= 0.6 is 9.24 Å². The molecular formula is C31H31F2N4O5P. The second-order valence-corrected chi connectivity index (χ2v) is 10.6. The lowest BCUT2D eigenvalue weighted by Crippen LogP contribution is -2.35. The second-order valence-electron chi connectivity index (χ2n) is 10.0. The number of hydrogen-bond acceptors (Lipinski definition) is 7. The number of benzene rings is 3. The predicted octanol–water partition coefficient (Wildman–Crippen LogP) is 4.45. The van der Waals surface area contributed by atoms with Crippen LogP contribution in [0.1, 0.15) is 18.4 Å². The Kier molecular flexibility index (Phi) is 9.64. The lowest BCUT2D eigenvalue weighted by molar-refractivity contribution is -0.136. The molecule has 0 spiro atoms. The van der Waals surface area contributed by atoms with E-state index in [1.807, 2.05) is 0 Å². The number of anilines is 1. The molecule has 224 valence electrons. The number of nitrogens with zero attached hydrogens (tertiary/aromatic N) is 1. The third-order valence-electron chi connectivity index (χ3n) is 7.12. The first-order valence-electron chi connectivity index (χ1n) is 13.7. The highest BCUT2D eigenvalue weighted by molar-refractivity contribution is 7.27. The van der Waals surface area contributed by atoms with Gasteiger partial charge in [0, 0.05) is 41.5 Å². The summed E-state index contributed by atoms with van der Waals surface area (Å²) in [5, 5.41) is 9.19. The van der Waals surface area contributed by atoms with Gasteiger partial charge >= 0.3 is 11.8 Å². The lowest BCUT2D eigenvalue weighted by Gasteiger charge is -2.23. The van der Waals surface area contributed by atoms with Crippen LogP contribution in [0.5, 0.6) is 23.0 Å². The summed E-state index contributed by atoms with van der Waals surface area (Å²) in [4.78, 5) is 29.0. The van der Waals surface area contributed by atoms with E-state index in [0.29, 0.717) is 46.0 Å². The molecule has 0 radical (unpaired) electrons. The topological polar surface area (TPSA) is 111 Å². The molecule has 1 atom stereocenters. The van der Waals surface area contributed by atoms with Gasteiger partial charge in [-0.05, 0) is 67.5 Å². The normalized spacial score (nSPS) is 13.4. The Morgan fingerprint density at radius 1 is 0.977 bits per heavy atom. The van der Waals surface area contributed by atoms with Crippen molar-refractivity contribution in [2.24, 2.45) is 5.92 Å². The van der Waals surface area contributed by atoms with Gasteiger partial charge in [0.1, 0.15) is 11.6 Å². The molecule has 1 unspecified atom stereocenters. The predicted molar refractivity (Wildman–Crippen MR) is 162 cm³/mol. The Morgan fingerprint density at radius 2 is 1.79 bits per heavy atom. The Balaban J connectivity index is 1.25. The number of ether oxygens (including phenoxy) is 3. The Morgan fingerprint density at radius 3 is 2.53 bits per heavy atom. The molecule has 43 heavy (non-hydrogen) atoms. The first-order valence-corrected chi connectivity index (χ1v) is 14.3. The van der Waals surface area contributed by atoms with Gasteiger partial charge in [-0.25, -0.2) is 8.78 Å². The summed E-state index contributed by atoms with van der Waals surface area (Å²) >= 11 is 0. The van der Waals surface area contributed by atoms with Crippen LogP contribution < -0.4 is 35.5 Å². The van der Waals surface area contributed by atoms with Gasteiger partial charge < -0.3 is 30.2 Å². The van der Waals surface area contributed by atoms with Crippen molar-refractivity contribution in [2.75, 3.05) is 32.1 Å². The molecule has 1 aliphatic heterocycles. The van der Waals surface area contributed by atoms with E-state index in [0.717, 1.165) is 32.0 Å². The summed E-state index contributed by atoms with van der Waals surface area (Å²) in [5.74, 6) is -1.54. The highest BCUT2D eigenvalue weighted by Gasteiger charge is 2.19. The van der Waals surface area contributed by atoms with Gasteiger partial charge in [-0.15, -0.1) is 9.24 Å². The lowest BCUT2D eigenvalue weighted by atomic mass is 9.99. The fraction of sp³-hybridized carbons (Fsp3) is 0.258. The second kappa shape index (κ2) is 13.8. The highest BCUT2D eigenvalue weighted by Crippen LogP contribution is 2.38. The minimum Gasteiger partial charge on any atom is -0.493 e. The number of amides is 2. The van der Waals surface area contributed by atoms with E-state index in [2.05, 4.69) is 30.2 Å². The molecule has 1 aromatic heterocycles. The summed E-state index contributed by atoms with van der Waals surface area (Å²) < 4.78 is 46.6. The molecule has 0 bridgehead atoms. The number of aromatic nitrogens is 1. The molecule has 9 nitrogen and oxygen atoms in total. The molecule has 3 aromatic carbocycles. The first-order chi connectivity index (χ1) is 20.8. The smallest absolute Gasteiger partial charge is 0.313 e. The van der Waals surface area contributed by atoms with E-state index < -0.39 is 23.4 Å². The summed E-state index contributed by atoms with van der Waals surface area (Å²) in [6.45, 7) is 2.33. The van der Waals surface area contributed by atoms with E-state index >= 15 is 4.39 Å². The van der Waals surface area contributed by atoms with Crippen molar-refractivity contribution in [1.82, 2.24) is 15.6 Å². The zero-order valence-electron chi connectivity index (χ0n) is 23.4. The SMILES string of the molecule is COc1cc2c(Oc3ccc(NC(=O)C(=O)NCc4c(F)cccc4P)cc3F)ccnc2cc1OCC1CCNCC1. The minimum atomic E-state index is -1.03. The molecule has 1 fully saturated rings. The van der Waals surface area contributed by atoms with E-state index in [1.54, 1.807) is 37.6 Å². The van der Waals surface area contributed by atoms with Crippen molar-refractivity contribution in [3.05, 3.63) is 78.0 Å². The first kappa shape index (κ1) is 30.1. The van der Waals surface area contributed by atoms with Gasteiger partial charge in [-0.1, -0.05) is 12.1 Å². The number of pyridine rings is 1. The monoisotopic (exact) mass is 608 g/mol. The molecule has 0 saturated carbocycles. The number of rotatable bonds is 9. The van der Waals surface area contributed by atoms with Gasteiger partial charge in [0.05, 0.1) is 19.2 Å². The Labute approximate surface area is 249 Å². The molecule has 1 saturated heterocycles. The van der Waals surface area contributed by atoms with Gasteiger partial charge in [0.2, 0.25) is 0 Å². The van der Waals surface area contributed by atoms with Crippen molar-refractivity contribution >= 4 is 42.9 Å². The molecule has 0 aliphatic carbocycles. The van der Waals surface area contributed by atoms with Crippen molar-refractivity contribution < 1.29 is 32.6 Å². The fourth-order valence-electron chi connectivity index (χ4n) is 4.72. The molecule has 3 N–H and O–H groups in total. The molecule has 1 aliphatic rings. The maximum atomic E-state index is 15.0. The molecule has 2 amide bonds. The Bertz CT molecular complexity index is 1630. The maximum Gasteiger partial charge on any atom is 0.313 e. The van der Waals surface area contributed by atoms with Gasteiger partial charge in [-0.3, -0.25) is 14.6 Å². The molecular weight excluding hydrogens is 577 g/mol. The third kappa shape index (κ3) is 7.36. The standard InChI is InChI=1S/C31H31F2N4O5P/c1-40-27-14-20-24(15-28(27)41-17-18-7-10-34-11-8-18)35-12-9-25(20)42-26-6-5-19(13-23(26)33)37-31(39)30(38)36-16-21-22(32)3-2-4-29(21)43/h2-6,9,12-15,18,34H,7-8,10-11,16-17,43H2,1H3,(H,36,38)(H,37,39). The quantitative estimate of drug-likeness (QED) is 0.190. The van der Waals surface area contributed by atoms with Gasteiger partial charge in [0.15, 0.2) is 23.1 Å². The largest absolute Gasteiger partial charge is 0.493 e. The van der Waals surface area contributed by atoms with Gasteiger partial charge in [-0.2, -0.15) is 0 Å². The maximum absolute atomic E-state index is 15.0. The average Bonchev–Trinajstić information content (AvgIpc) is 3.01. The number of hydrogen-bond donors (Lipinski definition) is 3. The van der Waals surface area contributed by atoms with Crippen molar-refractivity contribution in [3.8, 4) is 23.0 Å². The zero-order valence-corrected chi connectivity index (χ0v) is 24.6. The summed E-state index contributed by atoms with van der Waals surface area (Å²) in [6, 6.07) is 13.3. The van der Waals surface area contributed by atoms with E-state index in [9.17, 15) is 14.0 Å². The number of methoxy groups -OCH3 is 1. The molecule has 5 rings (SSSR count). The van der Waals surface area contributed by atoms with Crippen molar-refractivity contribution in [3.63, 3.8) is 0 Å². The van der Waals surface area contributed by atoms with Crippen molar-refractivity contribution in [1.29, 1.82) is 0 Å². The van der Waals surface area contributed by atoms with Crippen LogP contribution in [0.2, 0.25) is 0 Å². The highest BCUT2D eigenvalue weighted by atomic mass is 31.0. The summed E-state index contributed by atoms with van der Waals surface area (Å²) in [5.41, 5.74) is 0.862. The number of fused-ring (bicyclic) bond motifs is 1. The van der Waals surface area contributed by atoms with Crippen LogP contribution in [0.3, 0.4) is 0 Å². The number of piperidine rings is 1. The Hall–Kier alpha value is -4.34. The van der Waals surface area contributed by atoms with Crippen molar-refractivity contribution in [2.45, 2.75) is 19.4 Å². The van der Waals surface area contributed by atoms with E-state index in [-0.39, 0.29) is 23.5 Å². The van der Waals surface area contributed by atoms with Crippen LogP contribution in [-0.4, -0.2) is 43.6 Å². The number of nitrogens with one attached hydrogen (secondary N) is 3. The molecule has 2 heterocycles. The van der Waals surface area contributed by atoms with Crippen LogP contribution in [-0.2, 0) is 16.1 Å². The van der Waals surface area contributed by atoms with E-state index in [1.165, 1.54) is 24.3 Å². The van der Waals surface area contributed by atoms with Gasteiger partial charge in [0.25, 0.3) is 0 Å². The minimum absolute atomic E-state index is 0.0411. The molecule has 12 heteroatoms. The van der Waals surface area contributed by atoms with Crippen LogP contribution in [0, 0.1) is 17.6 Å². The van der Waals surface area contributed by atoms with Crippen LogP contribution in [0.4, 0.5) is 14.5 Å². The zero-order chi connectivity index (χ0) is 30.3. The summed E-state index contributed by atoms with van der Waals surface area (Å²) in [7, 11) is 3.91. The average molecular weight is 609 g/mol. The molecule has 4 aromatic rings. The number of carbonyl (C=O) groups excluding carboxylic acids is 2. The number of carbonyl (C=O) groups is 2. The van der Waals surface area contributed by atoms with Crippen LogP contribution in [0.25, 0.3) is 10.9 Å². The van der Waals surface area contributed by atoms with Crippen LogP contribution in [0.15, 0.2) is 60.8 Å². The third-order valence-corrected chi connectivity index (χ3v) is 7.66. The number of halogens is 2. The fourth-order valence-corrected chi connectivity index (χ4v) is 5.08. The van der Waals surface area contributed by atoms with E-state index in [4.69, 9.17) is 14.2 Å². The summed E-state index contributed by atoms with van der Waals surface area (Å²) in [6.07, 6.45) is 3.64.